The monoisotopic (exact) mass is 546 g/mol. The molecule has 1 aromatic heterocycles. The van der Waals surface area contributed by atoms with Crippen molar-refractivity contribution in [3.8, 4) is 45.5 Å². The zero-order chi connectivity index (χ0) is 27.7. The predicted molar refractivity (Wildman–Crippen MR) is 145 cm³/mol. The molecule has 13 nitrogen and oxygen atoms in total. The zero-order valence-electron chi connectivity index (χ0n) is 21.5. The lowest BCUT2D eigenvalue weighted by molar-refractivity contribution is -0.117. The summed E-state index contributed by atoms with van der Waals surface area (Å²) in [6.45, 7) is 0.374. The highest BCUT2D eigenvalue weighted by molar-refractivity contribution is 6.15. The molecule has 0 fully saturated rings. The molecule has 2 aromatic carbocycles. The van der Waals surface area contributed by atoms with Gasteiger partial charge in [0.2, 0.25) is 11.7 Å². The Bertz CT molecular complexity index is 1250. The number of amides is 1. The molecule has 0 saturated carbocycles. The molecule has 0 aliphatic carbocycles. The van der Waals surface area contributed by atoms with Crippen molar-refractivity contribution < 1.29 is 23.7 Å². The van der Waals surface area contributed by atoms with Crippen molar-refractivity contribution in [1.29, 1.82) is 0 Å². The van der Waals surface area contributed by atoms with Crippen LogP contribution in [0.25, 0.3) is 22.5 Å². The van der Waals surface area contributed by atoms with Crippen LogP contribution in [0, 0.1) is 0 Å². The Morgan fingerprint density at radius 2 is 1.61 bits per heavy atom. The van der Waals surface area contributed by atoms with Gasteiger partial charge in [-0.1, -0.05) is 0 Å². The maximum absolute atomic E-state index is 13.0. The Hall–Kier alpha value is -4.23. The molecule has 1 amide bonds. The minimum atomic E-state index is -0.693. The standard InChI is InChI=1S/C24H31ClN8O5/c1-35-17-8-7-13(10-16(17)29-23(34)15(30-25)6-5-9-28-24(26)27)20-21(32-33-31-20)14-11-18(36-2)22(38-4)19(12-14)37-3/h7-8,10-12,15,30H,5-6,9H2,1-4H3,(H,29,34)(H4,26,27,28)(H,31,32,33). The van der Waals surface area contributed by atoms with E-state index >= 15 is 0 Å². The smallest absolute Gasteiger partial charge is 0.242 e. The minimum absolute atomic E-state index is 0.00913. The van der Waals surface area contributed by atoms with E-state index in [1.807, 2.05) is 0 Å². The lowest BCUT2D eigenvalue weighted by Gasteiger charge is -2.17. The first kappa shape index (κ1) is 28.3. The normalized spacial score (nSPS) is 11.4. The summed E-state index contributed by atoms with van der Waals surface area (Å²) >= 11 is 5.84. The first-order valence-corrected chi connectivity index (χ1v) is 11.9. The number of ether oxygens (including phenoxy) is 4. The first-order valence-electron chi connectivity index (χ1n) is 11.5. The average molecular weight is 547 g/mol. The van der Waals surface area contributed by atoms with Crippen molar-refractivity contribution in [2.24, 2.45) is 16.5 Å². The Kier molecular flexibility index (Phi) is 9.96. The van der Waals surface area contributed by atoms with Crippen molar-refractivity contribution in [3.63, 3.8) is 0 Å². The van der Waals surface area contributed by atoms with E-state index in [2.05, 4.69) is 30.6 Å². The van der Waals surface area contributed by atoms with Gasteiger partial charge in [0.1, 0.15) is 23.2 Å². The number of carbonyl (C=O) groups is 1. The summed E-state index contributed by atoms with van der Waals surface area (Å²) in [5.74, 6) is 1.49. The number of aliphatic imine (C=N–C) groups is 1. The molecular formula is C24H31ClN8O5. The van der Waals surface area contributed by atoms with E-state index in [0.29, 0.717) is 70.6 Å². The molecule has 0 bridgehead atoms. The van der Waals surface area contributed by atoms with Crippen LogP contribution < -0.4 is 40.6 Å². The fraction of sp³-hybridized carbons (Fsp3) is 0.333. The molecule has 0 radical (unpaired) electrons. The van der Waals surface area contributed by atoms with Gasteiger partial charge in [0.05, 0.1) is 34.1 Å². The highest BCUT2D eigenvalue weighted by Crippen LogP contribution is 2.42. The summed E-state index contributed by atoms with van der Waals surface area (Å²) in [5, 5.41) is 14.2. The molecule has 0 aliphatic rings. The zero-order valence-corrected chi connectivity index (χ0v) is 22.3. The molecule has 1 atom stereocenters. The lowest BCUT2D eigenvalue weighted by atomic mass is 10.0. The van der Waals surface area contributed by atoms with Crippen LogP contribution in [-0.4, -0.2) is 68.3 Å². The molecule has 38 heavy (non-hydrogen) atoms. The number of methoxy groups -OCH3 is 4. The Balaban J connectivity index is 1.92. The average Bonchev–Trinajstić information content (AvgIpc) is 3.42. The van der Waals surface area contributed by atoms with Gasteiger partial charge in [-0.25, -0.2) is 4.84 Å². The SMILES string of the molecule is COc1ccc(-c2n[nH]nc2-c2cc(OC)c(OC)c(OC)c2)cc1NC(=O)C(CCCN=C(N)N)NCl. The van der Waals surface area contributed by atoms with Gasteiger partial charge in [0, 0.05) is 17.7 Å². The molecule has 3 aromatic rings. The van der Waals surface area contributed by atoms with Crippen molar-refractivity contribution in [2.45, 2.75) is 18.9 Å². The van der Waals surface area contributed by atoms with Gasteiger partial charge in [-0.3, -0.25) is 9.79 Å². The van der Waals surface area contributed by atoms with Gasteiger partial charge in [-0.15, -0.1) is 0 Å². The van der Waals surface area contributed by atoms with Crippen LogP contribution in [0.4, 0.5) is 5.69 Å². The van der Waals surface area contributed by atoms with E-state index < -0.39 is 6.04 Å². The lowest BCUT2D eigenvalue weighted by Crippen LogP contribution is -2.36. The van der Waals surface area contributed by atoms with E-state index in [0.717, 1.165) is 0 Å². The molecule has 14 heteroatoms. The second-order valence-corrected chi connectivity index (χ2v) is 8.17. The Morgan fingerprint density at radius 3 is 2.16 bits per heavy atom. The van der Waals surface area contributed by atoms with Gasteiger partial charge in [0.25, 0.3) is 0 Å². The molecule has 204 valence electrons. The predicted octanol–water partition coefficient (Wildman–Crippen LogP) is 2.28. The number of benzene rings is 2. The summed E-state index contributed by atoms with van der Waals surface area (Å²) in [7, 11) is 6.11. The Morgan fingerprint density at radius 1 is 0.974 bits per heavy atom. The van der Waals surface area contributed by atoms with Crippen LogP contribution in [0.15, 0.2) is 35.3 Å². The number of rotatable bonds is 13. The number of aromatic nitrogens is 3. The van der Waals surface area contributed by atoms with Crippen molar-refractivity contribution in [3.05, 3.63) is 30.3 Å². The molecule has 1 unspecified atom stereocenters. The number of anilines is 1. The third-order valence-electron chi connectivity index (χ3n) is 5.61. The number of H-pyrrole nitrogens is 1. The summed E-state index contributed by atoms with van der Waals surface area (Å²) in [6.07, 6.45) is 0.951. The van der Waals surface area contributed by atoms with Crippen LogP contribution in [-0.2, 0) is 4.79 Å². The topological polar surface area (TPSA) is 184 Å². The number of nitrogens with one attached hydrogen (secondary N) is 3. The minimum Gasteiger partial charge on any atom is -0.495 e. The molecule has 3 rings (SSSR count). The first-order chi connectivity index (χ1) is 18.4. The number of halogens is 1. The summed E-state index contributed by atoms with van der Waals surface area (Å²) in [4.78, 5) is 19.4. The van der Waals surface area contributed by atoms with E-state index in [4.69, 9.17) is 42.2 Å². The number of hydrogen-bond acceptors (Lipinski definition) is 9. The highest BCUT2D eigenvalue weighted by Gasteiger charge is 2.22. The highest BCUT2D eigenvalue weighted by atomic mass is 35.5. The maximum atomic E-state index is 13.0. The fourth-order valence-electron chi connectivity index (χ4n) is 3.76. The molecule has 0 aliphatic heterocycles. The largest absolute Gasteiger partial charge is 0.495 e. The number of carbonyl (C=O) groups excluding carboxylic acids is 1. The van der Waals surface area contributed by atoms with Crippen molar-refractivity contribution in [2.75, 3.05) is 40.3 Å². The van der Waals surface area contributed by atoms with Crippen molar-refractivity contribution in [1.82, 2.24) is 20.2 Å². The van der Waals surface area contributed by atoms with E-state index in [9.17, 15) is 4.79 Å². The fourth-order valence-corrected chi connectivity index (χ4v) is 3.97. The van der Waals surface area contributed by atoms with Crippen LogP contribution in [0.2, 0.25) is 0 Å². The summed E-state index contributed by atoms with van der Waals surface area (Å²) in [6, 6.07) is 8.12. The van der Waals surface area contributed by atoms with Gasteiger partial charge < -0.3 is 35.7 Å². The number of nitrogens with two attached hydrogens (primary N) is 2. The number of nitrogens with zero attached hydrogens (tertiary/aromatic N) is 3. The molecule has 1 heterocycles. The third-order valence-corrected chi connectivity index (χ3v) is 5.87. The number of hydrogen-bond donors (Lipinski definition) is 5. The third kappa shape index (κ3) is 6.55. The second kappa shape index (κ2) is 13.4. The quantitative estimate of drug-likeness (QED) is 0.0921. The van der Waals surface area contributed by atoms with Gasteiger partial charge in [-0.05, 0) is 55.0 Å². The molecular weight excluding hydrogens is 516 g/mol. The summed E-state index contributed by atoms with van der Waals surface area (Å²) < 4.78 is 21.8. The molecule has 0 spiro atoms. The van der Waals surface area contributed by atoms with Crippen LogP contribution in [0.5, 0.6) is 23.0 Å². The Labute approximate surface area is 224 Å². The maximum Gasteiger partial charge on any atom is 0.242 e. The van der Waals surface area contributed by atoms with Crippen LogP contribution in [0.3, 0.4) is 0 Å². The molecule has 7 N–H and O–H groups in total. The van der Waals surface area contributed by atoms with E-state index in [1.165, 1.54) is 28.4 Å². The van der Waals surface area contributed by atoms with Gasteiger partial charge >= 0.3 is 0 Å². The van der Waals surface area contributed by atoms with E-state index in [-0.39, 0.29) is 11.9 Å². The van der Waals surface area contributed by atoms with Gasteiger partial charge in [-0.2, -0.15) is 15.4 Å². The second-order valence-electron chi connectivity index (χ2n) is 7.95. The number of guanidine groups is 1. The number of aromatic amines is 1. The van der Waals surface area contributed by atoms with E-state index in [1.54, 1.807) is 30.3 Å². The van der Waals surface area contributed by atoms with Crippen LogP contribution in [0.1, 0.15) is 12.8 Å². The molecule has 0 saturated heterocycles. The van der Waals surface area contributed by atoms with Crippen molar-refractivity contribution >= 4 is 29.3 Å². The van der Waals surface area contributed by atoms with Gasteiger partial charge in [0.15, 0.2) is 17.5 Å². The van der Waals surface area contributed by atoms with Crippen LogP contribution >= 0.6 is 11.8 Å². The summed E-state index contributed by atoms with van der Waals surface area (Å²) in [5.41, 5.74) is 13.5.